The average molecular weight is 331 g/mol. The first-order valence-electron chi connectivity index (χ1n) is 7.96. The number of carbonyl (C=O) groups excluding carboxylic acids is 1. The van der Waals surface area contributed by atoms with Crippen LogP contribution >= 0.6 is 11.8 Å². The van der Waals surface area contributed by atoms with Gasteiger partial charge >= 0.3 is 0 Å². The number of hydrogen-bond donors (Lipinski definition) is 1. The Hall–Kier alpha value is -1.82. The summed E-state index contributed by atoms with van der Waals surface area (Å²) in [5.41, 5.74) is 2.64. The Bertz CT molecular complexity index is 671. The Morgan fingerprint density at radius 1 is 1.39 bits per heavy atom. The Morgan fingerprint density at radius 3 is 3.09 bits per heavy atom. The molecule has 2 aromatic rings. The van der Waals surface area contributed by atoms with Gasteiger partial charge in [0.2, 0.25) is 11.8 Å². The summed E-state index contributed by atoms with van der Waals surface area (Å²) in [4.78, 5) is 16.4. The third-order valence-corrected chi connectivity index (χ3v) is 4.92. The summed E-state index contributed by atoms with van der Waals surface area (Å²) in [6.45, 7) is 1.76. The topological polar surface area (TPSA) is 68.0 Å². The van der Waals surface area contributed by atoms with Crippen LogP contribution in [0.4, 0.5) is 0 Å². The molecule has 5 nitrogen and oxygen atoms in total. The minimum atomic E-state index is 0.0666. The summed E-state index contributed by atoms with van der Waals surface area (Å²) in [6.07, 6.45) is 4.45. The lowest BCUT2D eigenvalue weighted by atomic mass is 9.99. The summed E-state index contributed by atoms with van der Waals surface area (Å²) in [5.74, 6) is 2.26. The van der Waals surface area contributed by atoms with E-state index in [-0.39, 0.29) is 11.9 Å². The van der Waals surface area contributed by atoms with Crippen LogP contribution in [0.2, 0.25) is 0 Å². The molecule has 0 spiro atoms. The highest BCUT2D eigenvalue weighted by molar-refractivity contribution is 7.99. The second-order valence-corrected chi connectivity index (χ2v) is 6.77. The number of nitrogens with zero attached hydrogens (tertiary/aromatic N) is 2. The lowest BCUT2D eigenvalue weighted by molar-refractivity contribution is -0.119. The number of benzene rings is 1. The standard InChI is InChI=1S/C17H21N3O2S/c1-12-18-16(20-22-12)10-23-11-17(21)19-15-9-5-3-7-13-6-2-4-8-14(13)15/h2,4,6,8,15H,3,5,7,9-11H2,1H3,(H,19,21)/t15-/m1/s1. The summed E-state index contributed by atoms with van der Waals surface area (Å²) < 4.78 is 4.92. The van der Waals surface area contributed by atoms with Crippen LogP contribution in [0.15, 0.2) is 28.8 Å². The number of thioether (sulfide) groups is 1. The van der Waals surface area contributed by atoms with Gasteiger partial charge in [0, 0.05) is 6.92 Å². The fourth-order valence-electron chi connectivity index (χ4n) is 2.94. The van der Waals surface area contributed by atoms with Crippen molar-refractivity contribution in [3.05, 3.63) is 47.1 Å². The minimum Gasteiger partial charge on any atom is -0.349 e. The van der Waals surface area contributed by atoms with Crippen molar-refractivity contribution < 1.29 is 9.32 Å². The molecule has 0 bridgehead atoms. The second-order valence-electron chi connectivity index (χ2n) is 5.79. The number of hydrogen-bond acceptors (Lipinski definition) is 5. The summed E-state index contributed by atoms with van der Waals surface area (Å²) in [6, 6.07) is 8.57. The van der Waals surface area contributed by atoms with Crippen molar-refractivity contribution >= 4 is 17.7 Å². The molecule has 0 aliphatic heterocycles. The van der Waals surface area contributed by atoms with E-state index in [0.29, 0.717) is 23.2 Å². The molecule has 1 N–H and O–H groups in total. The van der Waals surface area contributed by atoms with E-state index in [1.54, 1.807) is 6.92 Å². The average Bonchev–Trinajstić information content (AvgIpc) is 2.85. The van der Waals surface area contributed by atoms with Crippen molar-refractivity contribution in [2.75, 3.05) is 5.75 Å². The highest BCUT2D eigenvalue weighted by atomic mass is 32.2. The molecule has 0 saturated carbocycles. The molecule has 23 heavy (non-hydrogen) atoms. The van der Waals surface area contributed by atoms with Crippen LogP contribution in [0.25, 0.3) is 0 Å². The molecule has 0 saturated heterocycles. The first-order chi connectivity index (χ1) is 11.2. The van der Waals surface area contributed by atoms with E-state index in [2.05, 4.69) is 39.7 Å². The van der Waals surface area contributed by atoms with Gasteiger partial charge in [0.25, 0.3) is 0 Å². The predicted molar refractivity (Wildman–Crippen MR) is 90.1 cm³/mol. The van der Waals surface area contributed by atoms with E-state index in [9.17, 15) is 4.79 Å². The van der Waals surface area contributed by atoms with Gasteiger partial charge in [-0.2, -0.15) is 4.98 Å². The van der Waals surface area contributed by atoms with Crippen LogP contribution in [0.5, 0.6) is 0 Å². The van der Waals surface area contributed by atoms with Gasteiger partial charge in [0.05, 0.1) is 17.5 Å². The molecule has 0 fully saturated rings. The smallest absolute Gasteiger partial charge is 0.230 e. The Balaban J connectivity index is 1.53. The number of aromatic nitrogens is 2. The van der Waals surface area contributed by atoms with Crippen LogP contribution in [-0.2, 0) is 17.0 Å². The SMILES string of the molecule is Cc1nc(CSCC(=O)N[C@@H]2CCCCc3ccccc32)no1. The largest absolute Gasteiger partial charge is 0.349 e. The van der Waals surface area contributed by atoms with E-state index in [1.165, 1.54) is 29.3 Å². The zero-order chi connectivity index (χ0) is 16.1. The number of rotatable bonds is 5. The van der Waals surface area contributed by atoms with Crippen LogP contribution < -0.4 is 5.32 Å². The van der Waals surface area contributed by atoms with E-state index >= 15 is 0 Å². The first-order valence-corrected chi connectivity index (χ1v) is 9.12. The van der Waals surface area contributed by atoms with Crippen molar-refractivity contribution in [3.8, 4) is 0 Å². The molecule has 1 aromatic heterocycles. The Morgan fingerprint density at radius 2 is 2.26 bits per heavy atom. The third kappa shape index (κ3) is 4.34. The molecular formula is C17H21N3O2S. The monoisotopic (exact) mass is 331 g/mol. The van der Waals surface area contributed by atoms with E-state index in [0.717, 1.165) is 19.3 Å². The number of amides is 1. The van der Waals surface area contributed by atoms with Crippen LogP contribution in [0, 0.1) is 6.92 Å². The molecule has 1 aliphatic rings. The molecule has 1 aliphatic carbocycles. The van der Waals surface area contributed by atoms with Gasteiger partial charge in [-0.15, -0.1) is 11.8 Å². The van der Waals surface area contributed by atoms with Crippen molar-refractivity contribution in [3.63, 3.8) is 0 Å². The molecule has 3 rings (SSSR count). The maximum absolute atomic E-state index is 12.2. The number of fused-ring (bicyclic) bond motifs is 1. The molecule has 0 radical (unpaired) electrons. The molecule has 1 aromatic carbocycles. The normalized spacial score (nSPS) is 17.3. The van der Waals surface area contributed by atoms with Crippen molar-refractivity contribution in [1.29, 1.82) is 0 Å². The fourth-order valence-corrected chi connectivity index (χ4v) is 3.61. The molecule has 6 heteroatoms. The van der Waals surface area contributed by atoms with Gasteiger partial charge in [0.1, 0.15) is 0 Å². The molecule has 0 unspecified atom stereocenters. The molecule has 122 valence electrons. The van der Waals surface area contributed by atoms with Crippen molar-refractivity contribution in [2.24, 2.45) is 0 Å². The van der Waals surface area contributed by atoms with Gasteiger partial charge in [-0.3, -0.25) is 4.79 Å². The molecule has 1 heterocycles. The van der Waals surface area contributed by atoms with Gasteiger partial charge < -0.3 is 9.84 Å². The van der Waals surface area contributed by atoms with Crippen LogP contribution in [0.3, 0.4) is 0 Å². The zero-order valence-corrected chi connectivity index (χ0v) is 14.1. The maximum atomic E-state index is 12.2. The number of aryl methyl sites for hydroxylation is 2. The van der Waals surface area contributed by atoms with E-state index in [4.69, 9.17) is 4.52 Å². The molecule has 1 atom stereocenters. The molecular weight excluding hydrogens is 310 g/mol. The number of carbonyl (C=O) groups is 1. The number of nitrogens with one attached hydrogen (secondary N) is 1. The van der Waals surface area contributed by atoms with Gasteiger partial charge in [-0.25, -0.2) is 0 Å². The van der Waals surface area contributed by atoms with E-state index in [1.807, 2.05) is 0 Å². The third-order valence-electron chi connectivity index (χ3n) is 3.99. The summed E-state index contributed by atoms with van der Waals surface area (Å²) in [5, 5.41) is 7.01. The molecule has 1 amide bonds. The highest BCUT2D eigenvalue weighted by Gasteiger charge is 2.20. The quantitative estimate of drug-likeness (QED) is 0.852. The van der Waals surface area contributed by atoms with Crippen molar-refractivity contribution in [2.45, 2.75) is 44.4 Å². The maximum Gasteiger partial charge on any atom is 0.230 e. The zero-order valence-electron chi connectivity index (χ0n) is 13.2. The highest BCUT2D eigenvalue weighted by Crippen LogP contribution is 2.28. The lowest BCUT2D eigenvalue weighted by Gasteiger charge is -2.19. The van der Waals surface area contributed by atoms with E-state index < -0.39 is 0 Å². The minimum absolute atomic E-state index is 0.0666. The van der Waals surface area contributed by atoms with Gasteiger partial charge in [-0.1, -0.05) is 35.8 Å². The summed E-state index contributed by atoms with van der Waals surface area (Å²) >= 11 is 1.51. The summed E-state index contributed by atoms with van der Waals surface area (Å²) in [7, 11) is 0. The van der Waals surface area contributed by atoms with Gasteiger partial charge in [-0.05, 0) is 30.4 Å². The lowest BCUT2D eigenvalue weighted by Crippen LogP contribution is -2.30. The first kappa shape index (κ1) is 16.1. The van der Waals surface area contributed by atoms with Crippen molar-refractivity contribution in [1.82, 2.24) is 15.5 Å². The van der Waals surface area contributed by atoms with Crippen LogP contribution in [0.1, 0.15) is 48.1 Å². The Kier molecular flexibility index (Phi) is 5.33. The van der Waals surface area contributed by atoms with Crippen LogP contribution in [-0.4, -0.2) is 21.8 Å². The second kappa shape index (κ2) is 7.64. The fraction of sp³-hybridized carbons (Fsp3) is 0.471. The Labute approximate surface area is 140 Å². The van der Waals surface area contributed by atoms with Gasteiger partial charge in [0.15, 0.2) is 5.82 Å². The predicted octanol–water partition coefficient (Wildman–Crippen LogP) is 3.20.